The van der Waals surface area contributed by atoms with Crippen LogP contribution in [0.1, 0.15) is 57.8 Å². The molecule has 2 aliphatic heterocycles. The summed E-state index contributed by atoms with van der Waals surface area (Å²) in [6.45, 7) is 3.48. The molecule has 4 rings (SSSR count). The Morgan fingerprint density at radius 1 is 0.707 bits per heavy atom. The molecule has 0 aliphatic carbocycles. The second-order valence-electron chi connectivity index (χ2n) is 10.3. The first-order chi connectivity index (χ1) is 20.1. The minimum atomic E-state index is -0.499. The van der Waals surface area contributed by atoms with E-state index in [1.54, 1.807) is 34.1 Å². The molecule has 0 radical (unpaired) electrons. The lowest BCUT2D eigenvalue weighted by Gasteiger charge is -2.33. The van der Waals surface area contributed by atoms with Crippen molar-refractivity contribution in [3.05, 3.63) is 54.6 Å². The first-order valence-corrected chi connectivity index (χ1v) is 14.7. The molecular formula is C31H41N3O7. The van der Waals surface area contributed by atoms with Gasteiger partial charge in [-0.25, -0.2) is 14.4 Å². The quantitative estimate of drug-likeness (QED) is 0.315. The van der Waals surface area contributed by atoms with Crippen molar-refractivity contribution in [1.29, 1.82) is 0 Å². The Kier molecular flexibility index (Phi) is 12.0. The van der Waals surface area contributed by atoms with Crippen LogP contribution in [0.5, 0.6) is 17.2 Å². The van der Waals surface area contributed by atoms with Crippen molar-refractivity contribution in [2.24, 2.45) is 0 Å². The number of ether oxygens (including phenoxy) is 4. The number of para-hydroxylation sites is 1. The first kappa shape index (κ1) is 30.0. The molecule has 2 saturated heterocycles. The van der Waals surface area contributed by atoms with Gasteiger partial charge in [-0.1, -0.05) is 24.6 Å². The van der Waals surface area contributed by atoms with Crippen molar-refractivity contribution in [3.63, 3.8) is 0 Å². The summed E-state index contributed by atoms with van der Waals surface area (Å²) in [5.41, 5.74) is 0. The number of unbranched alkanes of at least 4 members (excludes halogenated alkanes) is 3. The summed E-state index contributed by atoms with van der Waals surface area (Å²) in [6, 6.07) is 16.3. The highest BCUT2D eigenvalue weighted by molar-refractivity contribution is 5.70. The van der Waals surface area contributed by atoms with E-state index in [-0.39, 0.29) is 18.3 Å². The molecule has 0 atom stereocenters. The maximum atomic E-state index is 12.4. The number of nitrogens with zero attached hydrogens (tertiary/aromatic N) is 2. The molecule has 0 aromatic heterocycles. The lowest BCUT2D eigenvalue weighted by atomic mass is 10.1. The SMILES string of the molecule is O=C(NCCCCCCOC(=O)N1CCC(OC(=O)N2CCCCC2)CC1)Oc1ccc(Oc2ccccc2)cc1. The molecule has 2 aromatic carbocycles. The van der Waals surface area contributed by atoms with Crippen LogP contribution in [-0.2, 0) is 9.47 Å². The molecule has 10 heteroatoms. The normalized spacial score (nSPS) is 15.6. The van der Waals surface area contributed by atoms with Gasteiger partial charge in [0.2, 0.25) is 0 Å². The van der Waals surface area contributed by atoms with Crippen LogP contribution in [0, 0.1) is 0 Å². The Bertz CT molecular complexity index is 1080. The third kappa shape index (κ3) is 10.5. The fraction of sp³-hybridized carbons (Fsp3) is 0.516. The van der Waals surface area contributed by atoms with E-state index in [2.05, 4.69) is 5.32 Å². The largest absolute Gasteiger partial charge is 0.457 e. The Hall–Kier alpha value is -3.95. The van der Waals surface area contributed by atoms with E-state index in [0.717, 1.165) is 57.4 Å². The molecule has 0 bridgehead atoms. The number of hydrogen-bond donors (Lipinski definition) is 1. The number of carbonyl (C=O) groups excluding carboxylic acids is 3. The molecule has 41 heavy (non-hydrogen) atoms. The molecule has 0 spiro atoms. The maximum absolute atomic E-state index is 12.4. The Morgan fingerprint density at radius 2 is 1.34 bits per heavy atom. The number of rotatable bonds is 11. The molecule has 222 valence electrons. The number of amides is 3. The average Bonchev–Trinajstić information content (AvgIpc) is 3.00. The second-order valence-corrected chi connectivity index (χ2v) is 10.3. The minimum absolute atomic E-state index is 0.139. The third-order valence-corrected chi connectivity index (χ3v) is 7.16. The summed E-state index contributed by atoms with van der Waals surface area (Å²) in [6.07, 6.45) is 6.69. The van der Waals surface area contributed by atoms with Crippen LogP contribution in [0.2, 0.25) is 0 Å². The van der Waals surface area contributed by atoms with Gasteiger partial charge in [-0.3, -0.25) is 0 Å². The van der Waals surface area contributed by atoms with E-state index >= 15 is 0 Å². The van der Waals surface area contributed by atoms with Gasteiger partial charge < -0.3 is 34.1 Å². The minimum Gasteiger partial charge on any atom is -0.457 e. The molecule has 3 amide bonds. The van der Waals surface area contributed by atoms with Crippen molar-refractivity contribution >= 4 is 18.3 Å². The van der Waals surface area contributed by atoms with Gasteiger partial charge in [0.15, 0.2) is 0 Å². The molecule has 10 nitrogen and oxygen atoms in total. The number of benzene rings is 2. The summed E-state index contributed by atoms with van der Waals surface area (Å²) in [5, 5.41) is 2.75. The van der Waals surface area contributed by atoms with Gasteiger partial charge in [0.25, 0.3) is 0 Å². The summed E-state index contributed by atoms with van der Waals surface area (Å²) < 4.78 is 22.1. The summed E-state index contributed by atoms with van der Waals surface area (Å²) >= 11 is 0. The third-order valence-electron chi connectivity index (χ3n) is 7.16. The van der Waals surface area contributed by atoms with Crippen LogP contribution in [0.3, 0.4) is 0 Å². The standard InChI is InChI=1S/C31H41N3O7/c35-29(40-27-15-13-26(14-16-27)39-25-11-5-3-6-12-25)32-19-7-1-2-10-24-38-30(36)34-22-17-28(18-23-34)41-31(37)33-20-8-4-9-21-33/h3,5-6,11-16,28H,1-2,4,7-10,17-24H2,(H,32,35). The summed E-state index contributed by atoms with van der Waals surface area (Å²) in [4.78, 5) is 40.2. The molecular weight excluding hydrogens is 526 g/mol. The number of likely N-dealkylation sites (tertiary alicyclic amines) is 2. The van der Waals surface area contributed by atoms with Crippen LogP contribution in [-0.4, -0.2) is 73.5 Å². The van der Waals surface area contributed by atoms with E-state index in [0.29, 0.717) is 50.6 Å². The molecule has 2 aliphatic rings. The lowest BCUT2D eigenvalue weighted by molar-refractivity contribution is 0.0223. The van der Waals surface area contributed by atoms with Crippen LogP contribution in [0.4, 0.5) is 14.4 Å². The van der Waals surface area contributed by atoms with E-state index < -0.39 is 6.09 Å². The highest BCUT2D eigenvalue weighted by Gasteiger charge is 2.28. The molecule has 0 saturated carbocycles. The molecule has 2 aromatic rings. The highest BCUT2D eigenvalue weighted by atomic mass is 16.6. The lowest BCUT2D eigenvalue weighted by Crippen LogP contribution is -2.44. The van der Waals surface area contributed by atoms with Crippen molar-refractivity contribution in [2.75, 3.05) is 39.3 Å². The topological polar surface area (TPSA) is 107 Å². The Labute approximate surface area is 241 Å². The number of carbonyl (C=O) groups is 3. The van der Waals surface area contributed by atoms with Crippen LogP contribution >= 0.6 is 0 Å². The van der Waals surface area contributed by atoms with Gasteiger partial charge in [-0.05, 0) is 74.9 Å². The fourth-order valence-corrected chi connectivity index (χ4v) is 4.82. The zero-order chi connectivity index (χ0) is 28.7. The van der Waals surface area contributed by atoms with Gasteiger partial charge in [0, 0.05) is 45.6 Å². The van der Waals surface area contributed by atoms with Gasteiger partial charge >= 0.3 is 18.3 Å². The van der Waals surface area contributed by atoms with Crippen LogP contribution < -0.4 is 14.8 Å². The fourth-order valence-electron chi connectivity index (χ4n) is 4.82. The highest BCUT2D eigenvalue weighted by Crippen LogP contribution is 2.23. The van der Waals surface area contributed by atoms with Crippen molar-refractivity contribution in [1.82, 2.24) is 15.1 Å². The number of piperidine rings is 2. The molecule has 2 heterocycles. The van der Waals surface area contributed by atoms with E-state index in [1.165, 1.54) is 6.42 Å². The predicted molar refractivity (Wildman–Crippen MR) is 153 cm³/mol. The van der Waals surface area contributed by atoms with Gasteiger partial charge in [-0.15, -0.1) is 0 Å². The zero-order valence-corrected chi connectivity index (χ0v) is 23.6. The monoisotopic (exact) mass is 567 g/mol. The summed E-state index contributed by atoms with van der Waals surface area (Å²) in [7, 11) is 0. The molecule has 2 fully saturated rings. The average molecular weight is 568 g/mol. The van der Waals surface area contributed by atoms with Crippen LogP contribution in [0.15, 0.2) is 54.6 Å². The maximum Gasteiger partial charge on any atom is 0.412 e. The molecule has 1 N–H and O–H groups in total. The van der Waals surface area contributed by atoms with Crippen LogP contribution in [0.25, 0.3) is 0 Å². The van der Waals surface area contributed by atoms with Crippen molar-refractivity contribution in [2.45, 2.75) is 63.9 Å². The summed E-state index contributed by atoms with van der Waals surface area (Å²) in [5.74, 6) is 1.83. The number of nitrogens with one attached hydrogen (secondary N) is 1. The first-order valence-electron chi connectivity index (χ1n) is 14.7. The van der Waals surface area contributed by atoms with E-state index in [4.69, 9.17) is 18.9 Å². The van der Waals surface area contributed by atoms with Crippen molar-refractivity contribution in [3.8, 4) is 17.2 Å². The van der Waals surface area contributed by atoms with Crippen molar-refractivity contribution < 1.29 is 33.3 Å². The predicted octanol–water partition coefficient (Wildman–Crippen LogP) is 6.35. The Balaban J connectivity index is 0.982. The van der Waals surface area contributed by atoms with E-state index in [9.17, 15) is 14.4 Å². The van der Waals surface area contributed by atoms with Gasteiger partial charge in [0.05, 0.1) is 6.61 Å². The number of hydrogen-bond acceptors (Lipinski definition) is 7. The Morgan fingerprint density at radius 3 is 2.07 bits per heavy atom. The smallest absolute Gasteiger partial charge is 0.412 e. The van der Waals surface area contributed by atoms with E-state index in [1.807, 2.05) is 30.3 Å². The zero-order valence-electron chi connectivity index (χ0n) is 23.6. The van der Waals surface area contributed by atoms with Gasteiger partial charge in [0.1, 0.15) is 23.4 Å². The van der Waals surface area contributed by atoms with Gasteiger partial charge in [-0.2, -0.15) is 0 Å². The second kappa shape index (κ2) is 16.3. The molecule has 0 unspecified atom stereocenters.